The van der Waals surface area contributed by atoms with Crippen molar-refractivity contribution in [2.45, 2.75) is 0 Å². The highest BCUT2D eigenvalue weighted by molar-refractivity contribution is 6.12. The molecule has 29 heavy (non-hydrogen) atoms. The number of para-hydroxylation sites is 4. The Hall–Kier alpha value is -3.85. The lowest BCUT2D eigenvalue weighted by molar-refractivity contribution is 1.17. The quantitative estimate of drug-likeness (QED) is 0.293. The smallest absolute Gasteiger partial charge is 0.215 e. The summed E-state index contributed by atoms with van der Waals surface area (Å²) in [6.45, 7) is 0. The van der Waals surface area contributed by atoms with Gasteiger partial charge in [0.15, 0.2) is 0 Å². The Balaban J connectivity index is 1.90. The van der Waals surface area contributed by atoms with Gasteiger partial charge in [-0.15, -0.1) is 0 Å². The highest BCUT2D eigenvalue weighted by Gasteiger charge is 2.21. The van der Waals surface area contributed by atoms with Crippen molar-refractivity contribution in [3.63, 3.8) is 0 Å². The van der Waals surface area contributed by atoms with Crippen LogP contribution in [0.5, 0.6) is 0 Å². The van der Waals surface area contributed by atoms with Gasteiger partial charge >= 0.3 is 0 Å². The zero-order chi connectivity index (χ0) is 19.9. The van der Waals surface area contributed by atoms with Gasteiger partial charge < -0.3 is 4.90 Å². The third-order valence-electron chi connectivity index (χ3n) is 4.66. The van der Waals surface area contributed by atoms with Gasteiger partial charge in [-0.25, -0.2) is 4.99 Å². The molecule has 4 aromatic carbocycles. The van der Waals surface area contributed by atoms with Gasteiger partial charge in [0.05, 0.1) is 5.69 Å². The minimum Gasteiger partial charge on any atom is -0.315 e. The number of anilines is 3. The Morgan fingerprint density at radius 3 is 1.34 bits per heavy atom. The van der Waals surface area contributed by atoms with Crippen LogP contribution in [-0.2, 0) is 0 Å². The van der Waals surface area contributed by atoms with Gasteiger partial charge in [0, 0.05) is 24.1 Å². The van der Waals surface area contributed by atoms with E-state index < -0.39 is 0 Å². The fraction of sp³-hybridized carbons (Fsp3) is 0.0385. The number of aliphatic imine (C=N–C) groups is 1. The van der Waals surface area contributed by atoms with Crippen molar-refractivity contribution in [1.82, 2.24) is 0 Å². The van der Waals surface area contributed by atoms with Gasteiger partial charge in [-0.3, -0.25) is 4.90 Å². The van der Waals surface area contributed by atoms with Crippen LogP contribution in [0.25, 0.3) is 0 Å². The summed E-state index contributed by atoms with van der Waals surface area (Å²) in [4.78, 5) is 9.36. The molecule has 142 valence electrons. The van der Waals surface area contributed by atoms with E-state index in [9.17, 15) is 0 Å². The summed E-state index contributed by atoms with van der Waals surface area (Å²) >= 11 is 0. The summed E-state index contributed by atoms with van der Waals surface area (Å²) < 4.78 is 0. The van der Waals surface area contributed by atoms with E-state index in [1.807, 2.05) is 84.9 Å². The third-order valence-corrected chi connectivity index (χ3v) is 4.66. The number of nitrogens with zero attached hydrogens (tertiary/aromatic N) is 3. The van der Waals surface area contributed by atoms with E-state index >= 15 is 0 Å². The third kappa shape index (κ3) is 4.36. The van der Waals surface area contributed by atoms with Crippen LogP contribution in [0.4, 0.5) is 22.7 Å². The number of guanidine groups is 1. The lowest BCUT2D eigenvalue weighted by Gasteiger charge is -2.32. The lowest BCUT2D eigenvalue weighted by atomic mass is 10.2. The molecule has 0 aliphatic carbocycles. The summed E-state index contributed by atoms with van der Waals surface area (Å²) in [5, 5.41) is 0. The van der Waals surface area contributed by atoms with Crippen LogP contribution in [-0.4, -0.2) is 13.0 Å². The van der Waals surface area contributed by atoms with Crippen LogP contribution in [0.1, 0.15) is 0 Å². The second-order valence-electron chi connectivity index (χ2n) is 6.65. The summed E-state index contributed by atoms with van der Waals surface area (Å²) in [5.74, 6) is 0.819. The number of benzene rings is 4. The molecule has 0 atom stereocenters. The highest BCUT2D eigenvalue weighted by atomic mass is 15.4. The lowest BCUT2D eigenvalue weighted by Crippen LogP contribution is -2.40. The second kappa shape index (κ2) is 8.89. The van der Waals surface area contributed by atoms with Crippen molar-refractivity contribution in [3.05, 3.63) is 121 Å². The van der Waals surface area contributed by atoms with E-state index in [2.05, 4.69) is 53.2 Å². The van der Waals surface area contributed by atoms with Gasteiger partial charge in [-0.2, -0.15) is 0 Å². The van der Waals surface area contributed by atoms with Crippen molar-refractivity contribution >= 4 is 28.7 Å². The molecule has 0 N–H and O–H groups in total. The summed E-state index contributed by atoms with van der Waals surface area (Å²) in [6, 6.07) is 41.0. The fourth-order valence-electron chi connectivity index (χ4n) is 3.19. The van der Waals surface area contributed by atoms with Crippen molar-refractivity contribution < 1.29 is 0 Å². The SMILES string of the molecule is CN(C(=Nc1ccccc1)N(c1ccccc1)c1ccccc1)c1ccccc1. The molecule has 0 aliphatic heterocycles. The maximum atomic E-state index is 5.06. The van der Waals surface area contributed by atoms with Crippen LogP contribution >= 0.6 is 0 Å². The first-order valence-electron chi connectivity index (χ1n) is 9.66. The molecule has 0 radical (unpaired) electrons. The minimum atomic E-state index is 0.819. The number of hydrogen-bond acceptors (Lipinski definition) is 1. The maximum Gasteiger partial charge on any atom is 0.215 e. The zero-order valence-electron chi connectivity index (χ0n) is 16.4. The molecule has 0 saturated heterocycles. The van der Waals surface area contributed by atoms with Crippen LogP contribution in [0.2, 0.25) is 0 Å². The largest absolute Gasteiger partial charge is 0.315 e. The molecular formula is C26H23N3. The fourth-order valence-corrected chi connectivity index (χ4v) is 3.19. The van der Waals surface area contributed by atoms with Gasteiger partial charge in [0.25, 0.3) is 0 Å². The van der Waals surface area contributed by atoms with E-state index in [4.69, 9.17) is 4.99 Å². The second-order valence-corrected chi connectivity index (χ2v) is 6.65. The molecule has 4 aromatic rings. The molecular weight excluding hydrogens is 354 g/mol. The molecule has 0 saturated carbocycles. The molecule has 0 bridgehead atoms. The molecule has 3 heteroatoms. The van der Waals surface area contributed by atoms with Crippen molar-refractivity contribution in [2.75, 3.05) is 16.8 Å². The molecule has 0 aliphatic rings. The maximum absolute atomic E-state index is 5.06. The van der Waals surface area contributed by atoms with Crippen molar-refractivity contribution in [3.8, 4) is 0 Å². The van der Waals surface area contributed by atoms with Crippen LogP contribution < -0.4 is 9.80 Å². The first kappa shape index (κ1) is 18.5. The molecule has 0 unspecified atom stereocenters. The molecule has 0 spiro atoms. The predicted octanol–water partition coefficient (Wildman–Crippen LogP) is 6.65. The predicted molar refractivity (Wildman–Crippen MR) is 123 cm³/mol. The highest BCUT2D eigenvalue weighted by Crippen LogP contribution is 2.29. The van der Waals surface area contributed by atoms with Crippen LogP contribution in [0.15, 0.2) is 126 Å². The Kier molecular flexibility index (Phi) is 5.68. The monoisotopic (exact) mass is 377 g/mol. The number of hydrogen-bond donors (Lipinski definition) is 0. The summed E-state index contributed by atoms with van der Waals surface area (Å²) in [5.41, 5.74) is 4.08. The molecule has 0 fully saturated rings. The van der Waals surface area contributed by atoms with Gasteiger partial charge in [0.2, 0.25) is 5.96 Å². The van der Waals surface area contributed by atoms with E-state index in [1.54, 1.807) is 0 Å². The molecule has 0 aromatic heterocycles. The van der Waals surface area contributed by atoms with Gasteiger partial charge in [-0.1, -0.05) is 72.8 Å². The van der Waals surface area contributed by atoms with Crippen LogP contribution in [0, 0.1) is 0 Å². The van der Waals surface area contributed by atoms with E-state index in [0.29, 0.717) is 0 Å². The van der Waals surface area contributed by atoms with Crippen molar-refractivity contribution in [1.29, 1.82) is 0 Å². The Morgan fingerprint density at radius 2 is 0.897 bits per heavy atom. The average Bonchev–Trinajstić information content (AvgIpc) is 2.81. The first-order valence-corrected chi connectivity index (χ1v) is 9.66. The Bertz CT molecular complexity index is 1010. The van der Waals surface area contributed by atoms with Gasteiger partial charge in [-0.05, 0) is 48.5 Å². The van der Waals surface area contributed by atoms with E-state index in [0.717, 1.165) is 28.7 Å². The molecule has 4 rings (SSSR count). The molecule has 3 nitrogen and oxygen atoms in total. The Morgan fingerprint density at radius 1 is 0.517 bits per heavy atom. The average molecular weight is 377 g/mol. The summed E-state index contributed by atoms with van der Waals surface area (Å²) in [6.07, 6.45) is 0. The zero-order valence-corrected chi connectivity index (χ0v) is 16.4. The summed E-state index contributed by atoms with van der Waals surface area (Å²) in [7, 11) is 2.05. The topological polar surface area (TPSA) is 18.8 Å². The number of rotatable bonds is 4. The van der Waals surface area contributed by atoms with E-state index in [1.165, 1.54) is 0 Å². The van der Waals surface area contributed by atoms with Gasteiger partial charge in [0.1, 0.15) is 0 Å². The van der Waals surface area contributed by atoms with Crippen LogP contribution in [0.3, 0.4) is 0 Å². The normalized spacial score (nSPS) is 11.1. The van der Waals surface area contributed by atoms with Crippen molar-refractivity contribution in [2.24, 2.45) is 4.99 Å². The first-order chi connectivity index (χ1) is 14.3. The standard InChI is InChI=1S/C26H23N3/c1-28(23-16-8-3-9-17-23)26(27-22-14-6-2-7-15-22)29(24-18-10-4-11-19-24)25-20-12-5-13-21-25/h2-21H,1H3. The molecule has 0 amide bonds. The Labute approximate surface area is 172 Å². The van der Waals surface area contributed by atoms with E-state index in [-0.39, 0.29) is 0 Å². The molecule has 0 heterocycles. The minimum absolute atomic E-state index is 0.819.